The first kappa shape index (κ1) is 14.2. The second kappa shape index (κ2) is 5.95. The summed E-state index contributed by atoms with van der Waals surface area (Å²) >= 11 is 1.22. The molecular formula is C16H12N2O3S. The van der Waals surface area contributed by atoms with E-state index in [1.807, 2.05) is 12.1 Å². The Labute approximate surface area is 130 Å². The zero-order valence-electron chi connectivity index (χ0n) is 11.7. The van der Waals surface area contributed by atoms with Crippen LogP contribution in [0.1, 0.15) is 20.0 Å². The van der Waals surface area contributed by atoms with E-state index in [1.54, 1.807) is 35.8 Å². The standard InChI is InChI=1S/C16H12N2O3S/c1-21-16(20)14-13(6-8-22-14)18-15(19)11-4-5-12-10(9-11)3-2-7-17-12/h2-9H,1H3,(H,18,19). The smallest absolute Gasteiger partial charge is 0.350 e. The van der Waals surface area contributed by atoms with Crippen molar-refractivity contribution in [3.63, 3.8) is 0 Å². The number of rotatable bonds is 3. The van der Waals surface area contributed by atoms with Gasteiger partial charge in [0.1, 0.15) is 4.88 Å². The van der Waals surface area contributed by atoms with Crippen LogP contribution in [-0.2, 0) is 4.74 Å². The summed E-state index contributed by atoms with van der Waals surface area (Å²) in [7, 11) is 1.31. The molecule has 0 fully saturated rings. The molecule has 6 heteroatoms. The van der Waals surface area contributed by atoms with Crippen LogP contribution in [0.15, 0.2) is 48.0 Å². The summed E-state index contributed by atoms with van der Waals surface area (Å²) < 4.78 is 4.69. The van der Waals surface area contributed by atoms with Crippen molar-refractivity contribution in [2.45, 2.75) is 0 Å². The molecule has 1 N–H and O–H groups in total. The number of anilines is 1. The van der Waals surface area contributed by atoms with Crippen molar-refractivity contribution in [2.75, 3.05) is 12.4 Å². The number of carbonyl (C=O) groups is 2. The molecule has 0 atom stereocenters. The number of amides is 1. The van der Waals surface area contributed by atoms with Gasteiger partial charge in [-0.05, 0) is 35.7 Å². The van der Waals surface area contributed by atoms with E-state index in [9.17, 15) is 9.59 Å². The fraction of sp³-hybridized carbons (Fsp3) is 0.0625. The molecular weight excluding hydrogens is 300 g/mol. The third kappa shape index (κ3) is 2.68. The zero-order chi connectivity index (χ0) is 15.5. The highest BCUT2D eigenvalue weighted by molar-refractivity contribution is 7.12. The Kier molecular flexibility index (Phi) is 3.84. The Bertz CT molecular complexity index is 857. The lowest BCUT2D eigenvalue weighted by molar-refractivity contribution is 0.0607. The number of hydrogen-bond acceptors (Lipinski definition) is 5. The molecule has 3 rings (SSSR count). The molecule has 1 aromatic carbocycles. The number of benzene rings is 1. The van der Waals surface area contributed by atoms with Crippen molar-refractivity contribution in [3.05, 3.63) is 58.4 Å². The van der Waals surface area contributed by atoms with Crippen molar-refractivity contribution >= 4 is 39.8 Å². The molecule has 0 aliphatic carbocycles. The molecule has 0 spiro atoms. The van der Waals surface area contributed by atoms with Gasteiger partial charge in [-0.2, -0.15) is 0 Å². The van der Waals surface area contributed by atoms with Gasteiger partial charge >= 0.3 is 5.97 Å². The van der Waals surface area contributed by atoms with Gasteiger partial charge in [-0.1, -0.05) is 6.07 Å². The van der Waals surface area contributed by atoms with Gasteiger partial charge in [0.15, 0.2) is 0 Å². The van der Waals surface area contributed by atoms with Gasteiger partial charge < -0.3 is 10.1 Å². The molecule has 0 saturated carbocycles. The molecule has 3 aromatic rings. The van der Waals surface area contributed by atoms with E-state index < -0.39 is 5.97 Å². The first-order chi connectivity index (χ1) is 10.7. The number of ether oxygens (including phenoxy) is 1. The molecule has 2 aromatic heterocycles. The number of carbonyl (C=O) groups excluding carboxylic acids is 2. The average molecular weight is 312 g/mol. The number of fused-ring (bicyclic) bond motifs is 1. The van der Waals surface area contributed by atoms with E-state index >= 15 is 0 Å². The maximum absolute atomic E-state index is 12.3. The van der Waals surface area contributed by atoms with Crippen molar-refractivity contribution in [3.8, 4) is 0 Å². The van der Waals surface area contributed by atoms with E-state index in [0.717, 1.165) is 10.9 Å². The molecule has 0 saturated heterocycles. The van der Waals surface area contributed by atoms with Gasteiger partial charge in [0.2, 0.25) is 0 Å². The summed E-state index contributed by atoms with van der Waals surface area (Å²) in [5.74, 6) is -0.748. The Hall–Kier alpha value is -2.73. The van der Waals surface area contributed by atoms with Crippen LogP contribution in [0.5, 0.6) is 0 Å². The van der Waals surface area contributed by atoms with E-state index in [0.29, 0.717) is 16.1 Å². The van der Waals surface area contributed by atoms with Crippen LogP contribution in [0.4, 0.5) is 5.69 Å². The summed E-state index contributed by atoms with van der Waals surface area (Å²) in [5, 5.41) is 5.35. The summed E-state index contributed by atoms with van der Waals surface area (Å²) in [5.41, 5.74) is 1.78. The highest BCUT2D eigenvalue weighted by atomic mass is 32.1. The minimum atomic E-state index is -0.465. The predicted molar refractivity (Wildman–Crippen MR) is 85.4 cm³/mol. The summed E-state index contributed by atoms with van der Waals surface area (Å²) in [6.45, 7) is 0. The monoisotopic (exact) mass is 312 g/mol. The third-order valence-electron chi connectivity index (χ3n) is 3.15. The van der Waals surface area contributed by atoms with Gasteiger partial charge in [-0.15, -0.1) is 11.3 Å². The fourth-order valence-electron chi connectivity index (χ4n) is 2.07. The topological polar surface area (TPSA) is 68.3 Å². The van der Waals surface area contributed by atoms with Gasteiger partial charge in [0.05, 0.1) is 18.3 Å². The van der Waals surface area contributed by atoms with Crippen molar-refractivity contribution in [1.82, 2.24) is 4.98 Å². The summed E-state index contributed by atoms with van der Waals surface area (Å²) in [6.07, 6.45) is 1.70. The number of pyridine rings is 1. The second-order valence-corrected chi connectivity index (χ2v) is 5.44. The minimum absolute atomic E-state index is 0.283. The van der Waals surface area contributed by atoms with Gasteiger partial charge in [0.25, 0.3) is 5.91 Å². The second-order valence-electron chi connectivity index (χ2n) is 4.52. The lowest BCUT2D eigenvalue weighted by atomic mass is 10.1. The Morgan fingerprint density at radius 2 is 2.09 bits per heavy atom. The van der Waals surface area contributed by atoms with Crippen LogP contribution < -0.4 is 5.32 Å². The van der Waals surface area contributed by atoms with Crippen LogP contribution in [-0.4, -0.2) is 24.0 Å². The quantitative estimate of drug-likeness (QED) is 0.753. The molecule has 0 bridgehead atoms. The summed E-state index contributed by atoms with van der Waals surface area (Å²) in [6, 6.07) is 10.6. The van der Waals surface area contributed by atoms with Crippen LogP contribution in [0.25, 0.3) is 10.9 Å². The predicted octanol–water partition coefficient (Wildman–Crippen LogP) is 3.34. The highest BCUT2D eigenvalue weighted by Gasteiger charge is 2.16. The lowest BCUT2D eigenvalue weighted by Crippen LogP contribution is -2.13. The fourth-order valence-corrected chi connectivity index (χ4v) is 2.84. The van der Waals surface area contributed by atoms with Crippen molar-refractivity contribution in [1.29, 1.82) is 0 Å². The molecule has 110 valence electrons. The van der Waals surface area contributed by atoms with E-state index in [1.165, 1.54) is 18.4 Å². The van der Waals surface area contributed by atoms with E-state index in [2.05, 4.69) is 10.3 Å². The SMILES string of the molecule is COC(=O)c1sccc1NC(=O)c1ccc2ncccc2c1. The van der Waals surface area contributed by atoms with Crippen molar-refractivity contribution in [2.24, 2.45) is 0 Å². The maximum Gasteiger partial charge on any atom is 0.350 e. The van der Waals surface area contributed by atoms with Gasteiger partial charge in [-0.25, -0.2) is 4.79 Å². The molecule has 2 heterocycles. The van der Waals surface area contributed by atoms with Crippen molar-refractivity contribution < 1.29 is 14.3 Å². The number of aromatic nitrogens is 1. The van der Waals surface area contributed by atoms with E-state index in [-0.39, 0.29) is 5.91 Å². The summed E-state index contributed by atoms with van der Waals surface area (Å²) in [4.78, 5) is 28.5. The first-order valence-electron chi connectivity index (χ1n) is 6.51. The molecule has 22 heavy (non-hydrogen) atoms. The highest BCUT2D eigenvalue weighted by Crippen LogP contribution is 2.24. The number of methoxy groups -OCH3 is 1. The van der Waals surface area contributed by atoms with Crippen LogP contribution in [0, 0.1) is 0 Å². The molecule has 5 nitrogen and oxygen atoms in total. The lowest BCUT2D eigenvalue weighted by Gasteiger charge is -2.06. The van der Waals surface area contributed by atoms with Crippen LogP contribution >= 0.6 is 11.3 Å². The number of thiophene rings is 1. The Morgan fingerprint density at radius 1 is 1.23 bits per heavy atom. The number of esters is 1. The molecule has 1 amide bonds. The van der Waals surface area contributed by atoms with Crippen LogP contribution in [0.3, 0.4) is 0 Å². The largest absolute Gasteiger partial charge is 0.465 e. The third-order valence-corrected chi connectivity index (χ3v) is 4.04. The molecule has 0 unspecified atom stereocenters. The minimum Gasteiger partial charge on any atom is -0.465 e. The maximum atomic E-state index is 12.3. The average Bonchev–Trinajstić information content (AvgIpc) is 3.01. The zero-order valence-corrected chi connectivity index (χ0v) is 12.5. The Morgan fingerprint density at radius 3 is 2.91 bits per heavy atom. The van der Waals surface area contributed by atoms with E-state index in [4.69, 9.17) is 4.74 Å². The first-order valence-corrected chi connectivity index (χ1v) is 7.39. The number of hydrogen-bond donors (Lipinski definition) is 1. The number of nitrogens with one attached hydrogen (secondary N) is 1. The normalized spacial score (nSPS) is 10.4. The van der Waals surface area contributed by atoms with Gasteiger partial charge in [-0.3, -0.25) is 9.78 Å². The molecule has 0 aliphatic heterocycles. The number of nitrogens with zero attached hydrogens (tertiary/aromatic N) is 1. The Balaban J connectivity index is 1.87. The molecule has 0 radical (unpaired) electrons. The van der Waals surface area contributed by atoms with Gasteiger partial charge in [0, 0.05) is 17.1 Å². The molecule has 0 aliphatic rings. The van der Waals surface area contributed by atoms with Crippen LogP contribution in [0.2, 0.25) is 0 Å².